The normalized spacial score (nSPS) is 10.6. The largest absolute Gasteiger partial charge is 0.447 e. The van der Waals surface area contributed by atoms with Crippen LogP contribution in [0.1, 0.15) is 22.1 Å². The van der Waals surface area contributed by atoms with Crippen molar-refractivity contribution in [3.8, 4) is 11.5 Å². The molecule has 0 atom stereocenters. The zero-order valence-corrected chi connectivity index (χ0v) is 11.7. The van der Waals surface area contributed by atoms with Crippen molar-refractivity contribution in [2.75, 3.05) is 0 Å². The molecule has 0 radical (unpaired) electrons. The van der Waals surface area contributed by atoms with Gasteiger partial charge in [-0.2, -0.15) is 0 Å². The van der Waals surface area contributed by atoms with Gasteiger partial charge in [-0.15, -0.1) is 0 Å². The van der Waals surface area contributed by atoms with E-state index in [1.807, 2.05) is 30.3 Å². The molecule has 0 aliphatic carbocycles. The number of hydrogen-bond acceptors (Lipinski definition) is 6. The molecule has 0 spiro atoms. The third kappa shape index (κ3) is 3.04. The smallest absolute Gasteiger partial charge is 0.273 e. The fourth-order valence-corrected chi connectivity index (χ4v) is 1.87. The van der Waals surface area contributed by atoms with Crippen LogP contribution in [0.15, 0.2) is 51.7 Å². The van der Waals surface area contributed by atoms with Gasteiger partial charge in [-0.25, -0.2) is 9.97 Å². The first kappa shape index (κ1) is 14.0. The minimum atomic E-state index is -0.354. The van der Waals surface area contributed by atoms with E-state index in [4.69, 9.17) is 14.6 Å². The molecule has 2 heterocycles. The van der Waals surface area contributed by atoms with Crippen molar-refractivity contribution in [3.05, 3.63) is 60.1 Å². The van der Waals surface area contributed by atoms with E-state index in [-0.39, 0.29) is 24.7 Å². The number of nitrogens with one attached hydrogen (secondary N) is 1. The molecule has 0 aliphatic rings. The van der Waals surface area contributed by atoms with Gasteiger partial charge in [0, 0.05) is 5.56 Å². The van der Waals surface area contributed by atoms with E-state index >= 15 is 0 Å². The Hall–Kier alpha value is -2.93. The van der Waals surface area contributed by atoms with Gasteiger partial charge < -0.3 is 19.9 Å². The highest BCUT2D eigenvalue weighted by Gasteiger charge is 2.12. The summed E-state index contributed by atoms with van der Waals surface area (Å²) in [5.41, 5.74) is 7.06. The number of nitrogens with two attached hydrogens (primary N) is 1. The summed E-state index contributed by atoms with van der Waals surface area (Å²) in [6.07, 6.45) is 2.78. The van der Waals surface area contributed by atoms with Gasteiger partial charge in [-0.05, 0) is 12.1 Å². The second-order valence-corrected chi connectivity index (χ2v) is 4.52. The topological polar surface area (TPSA) is 107 Å². The van der Waals surface area contributed by atoms with Crippen molar-refractivity contribution in [2.45, 2.75) is 13.1 Å². The Balaban J connectivity index is 1.62. The van der Waals surface area contributed by atoms with Gasteiger partial charge in [0.15, 0.2) is 5.69 Å². The Labute approximate surface area is 126 Å². The molecule has 0 unspecified atom stereocenters. The highest BCUT2D eigenvalue weighted by molar-refractivity contribution is 5.91. The maximum absolute atomic E-state index is 11.9. The van der Waals surface area contributed by atoms with Crippen LogP contribution in [-0.4, -0.2) is 15.9 Å². The second-order valence-electron chi connectivity index (χ2n) is 4.52. The molecule has 7 nitrogen and oxygen atoms in total. The van der Waals surface area contributed by atoms with Crippen LogP contribution in [0.3, 0.4) is 0 Å². The predicted octanol–water partition coefficient (Wildman–Crippen LogP) is 1.72. The summed E-state index contributed by atoms with van der Waals surface area (Å²) in [4.78, 5) is 20.2. The highest BCUT2D eigenvalue weighted by atomic mass is 16.3. The predicted molar refractivity (Wildman–Crippen MR) is 77.5 cm³/mol. The summed E-state index contributed by atoms with van der Waals surface area (Å²) in [5, 5.41) is 2.69. The monoisotopic (exact) mass is 298 g/mol. The fourth-order valence-electron chi connectivity index (χ4n) is 1.87. The van der Waals surface area contributed by atoms with Crippen molar-refractivity contribution in [1.82, 2.24) is 15.3 Å². The number of hydrogen-bond donors (Lipinski definition) is 2. The van der Waals surface area contributed by atoms with Crippen LogP contribution in [0.2, 0.25) is 0 Å². The van der Waals surface area contributed by atoms with Crippen molar-refractivity contribution in [1.29, 1.82) is 0 Å². The molecule has 1 amide bonds. The molecule has 0 bridgehead atoms. The quantitative estimate of drug-likeness (QED) is 0.742. The molecule has 3 aromatic rings. The van der Waals surface area contributed by atoms with E-state index in [0.717, 1.165) is 5.56 Å². The van der Waals surface area contributed by atoms with E-state index in [0.29, 0.717) is 17.5 Å². The van der Waals surface area contributed by atoms with Gasteiger partial charge in [0.25, 0.3) is 5.91 Å². The van der Waals surface area contributed by atoms with E-state index in [9.17, 15) is 4.79 Å². The standard InChI is InChI=1S/C15H14N4O3/c16-6-13-19-12(9-21-13)14(20)17-7-11-8-22-15(18-11)10-4-2-1-3-5-10/h1-5,8-9H,6-7,16H2,(H,17,20). The lowest BCUT2D eigenvalue weighted by molar-refractivity contribution is 0.0945. The number of nitrogens with zero attached hydrogens (tertiary/aromatic N) is 2. The number of amides is 1. The molecule has 2 aromatic heterocycles. The molecule has 0 fully saturated rings. The Morgan fingerprint density at radius 2 is 1.95 bits per heavy atom. The summed E-state index contributed by atoms with van der Waals surface area (Å²) in [6, 6.07) is 9.53. The van der Waals surface area contributed by atoms with Crippen LogP contribution < -0.4 is 11.1 Å². The Kier molecular flexibility index (Phi) is 3.97. The van der Waals surface area contributed by atoms with E-state index < -0.39 is 0 Å². The van der Waals surface area contributed by atoms with Crippen molar-refractivity contribution in [2.24, 2.45) is 5.73 Å². The first-order chi connectivity index (χ1) is 10.8. The van der Waals surface area contributed by atoms with E-state index in [1.54, 1.807) is 0 Å². The lowest BCUT2D eigenvalue weighted by Gasteiger charge is -1.98. The van der Waals surface area contributed by atoms with Gasteiger partial charge in [-0.1, -0.05) is 18.2 Å². The maximum Gasteiger partial charge on any atom is 0.273 e. The van der Waals surface area contributed by atoms with Gasteiger partial charge in [0.2, 0.25) is 11.8 Å². The van der Waals surface area contributed by atoms with Crippen LogP contribution in [0.5, 0.6) is 0 Å². The van der Waals surface area contributed by atoms with Crippen LogP contribution in [0.4, 0.5) is 0 Å². The minimum absolute atomic E-state index is 0.150. The van der Waals surface area contributed by atoms with Crippen LogP contribution in [0.25, 0.3) is 11.5 Å². The number of carbonyl (C=O) groups is 1. The maximum atomic E-state index is 11.9. The number of benzene rings is 1. The molecular weight excluding hydrogens is 284 g/mol. The summed E-state index contributed by atoms with van der Waals surface area (Å²) in [5.74, 6) is 0.474. The van der Waals surface area contributed by atoms with Crippen LogP contribution in [-0.2, 0) is 13.1 Å². The zero-order valence-electron chi connectivity index (χ0n) is 11.7. The van der Waals surface area contributed by atoms with Crippen molar-refractivity contribution >= 4 is 5.91 Å². The Morgan fingerprint density at radius 3 is 2.68 bits per heavy atom. The summed E-state index contributed by atoms with van der Waals surface area (Å²) < 4.78 is 10.4. The van der Waals surface area contributed by atoms with E-state index in [1.165, 1.54) is 12.5 Å². The molecule has 0 aliphatic heterocycles. The van der Waals surface area contributed by atoms with Crippen molar-refractivity contribution < 1.29 is 13.6 Å². The van der Waals surface area contributed by atoms with Gasteiger partial charge in [0.05, 0.1) is 18.8 Å². The molecular formula is C15H14N4O3. The SMILES string of the molecule is NCc1nc(C(=O)NCc2coc(-c3ccccc3)n2)co1. The molecule has 3 rings (SSSR count). The number of carbonyl (C=O) groups excluding carboxylic acids is 1. The third-order valence-electron chi connectivity index (χ3n) is 2.96. The number of oxazole rings is 2. The lowest BCUT2D eigenvalue weighted by atomic mass is 10.2. The molecule has 22 heavy (non-hydrogen) atoms. The van der Waals surface area contributed by atoms with Gasteiger partial charge in [-0.3, -0.25) is 4.79 Å². The fraction of sp³-hybridized carbons (Fsp3) is 0.133. The Bertz CT molecular complexity index is 764. The number of rotatable bonds is 5. The summed E-state index contributed by atoms with van der Waals surface area (Å²) >= 11 is 0. The van der Waals surface area contributed by atoms with Crippen LogP contribution in [0, 0.1) is 0 Å². The molecule has 0 saturated heterocycles. The highest BCUT2D eigenvalue weighted by Crippen LogP contribution is 2.17. The average molecular weight is 298 g/mol. The van der Waals surface area contributed by atoms with Gasteiger partial charge in [0.1, 0.15) is 12.5 Å². The molecule has 7 heteroatoms. The first-order valence-corrected chi connectivity index (χ1v) is 6.69. The summed E-state index contributed by atoms with van der Waals surface area (Å²) in [6.45, 7) is 0.386. The van der Waals surface area contributed by atoms with Gasteiger partial charge >= 0.3 is 0 Å². The zero-order chi connectivity index (χ0) is 15.4. The molecule has 1 aromatic carbocycles. The number of aromatic nitrogens is 2. The Morgan fingerprint density at radius 1 is 1.14 bits per heavy atom. The third-order valence-corrected chi connectivity index (χ3v) is 2.96. The molecule has 112 valence electrons. The van der Waals surface area contributed by atoms with Crippen LogP contribution >= 0.6 is 0 Å². The molecule has 3 N–H and O–H groups in total. The van der Waals surface area contributed by atoms with Crippen molar-refractivity contribution in [3.63, 3.8) is 0 Å². The molecule has 0 saturated carbocycles. The average Bonchev–Trinajstić information content (AvgIpc) is 3.22. The second kappa shape index (κ2) is 6.23. The first-order valence-electron chi connectivity index (χ1n) is 6.69. The van der Waals surface area contributed by atoms with E-state index in [2.05, 4.69) is 15.3 Å². The lowest BCUT2D eigenvalue weighted by Crippen LogP contribution is -2.23. The summed E-state index contributed by atoms with van der Waals surface area (Å²) in [7, 11) is 0. The minimum Gasteiger partial charge on any atom is -0.447 e.